The van der Waals surface area contributed by atoms with Crippen LogP contribution in [0.1, 0.15) is 39.2 Å². The van der Waals surface area contributed by atoms with Crippen LogP contribution >= 0.6 is 0 Å². The molecule has 84 valence electrons. The minimum Gasteiger partial charge on any atom is -0.493 e. The van der Waals surface area contributed by atoms with E-state index in [4.69, 9.17) is 4.74 Å². The van der Waals surface area contributed by atoms with E-state index in [9.17, 15) is 4.39 Å². The molecule has 1 rings (SSSR count). The van der Waals surface area contributed by atoms with Crippen molar-refractivity contribution in [3.05, 3.63) is 29.6 Å². The third-order valence-electron chi connectivity index (χ3n) is 2.18. The molecule has 0 amide bonds. The van der Waals surface area contributed by atoms with Crippen LogP contribution in [0.15, 0.2) is 18.2 Å². The molecule has 0 saturated heterocycles. The summed E-state index contributed by atoms with van der Waals surface area (Å²) < 4.78 is 19.0. The summed E-state index contributed by atoms with van der Waals surface area (Å²) in [5, 5.41) is 0. The van der Waals surface area contributed by atoms with Crippen molar-refractivity contribution in [2.45, 2.75) is 33.6 Å². The maximum atomic E-state index is 13.5. The molecule has 0 radical (unpaired) electrons. The maximum Gasteiger partial charge on any atom is 0.130 e. The molecule has 0 bridgehead atoms. The molecule has 1 aromatic carbocycles. The van der Waals surface area contributed by atoms with Crippen LogP contribution in [0, 0.1) is 11.7 Å². The second-order valence-electron chi connectivity index (χ2n) is 4.54. The summed E-state index contributed by atoms with van der Waals surface area (Å²) in [6.07, 6.45) is 0. The fourth-order valence-electron chi connectivity index (χ4n) is 1.33. The fourth-order valence-corrected chi connectivity index (χ4v) is 1.33. The first-order valence-corrected chi connectivity index (χ1v) is 5.43. The quantitative estimate of drug-likeness (QED) is 0.730. The first-order chi connectivity index (χ1) is 7.00. The largest absolute Gasteiger partial charge is 0.493 e. The normalized spacial score (nSPS) is 11.1. The van der Waals surface area contributed by atoms with Gasteiger partial charge in [0.15, 0.2) is 0 Å². The van der Waals surface area contributed by atoms with Crippen LogP contribution in [0.4, 0.5) is 4.39 Å². The summed E-state index contributed by atoms with van der Waals surface area (Å²) in [6, 6.07) is 5.11. The van der Waals surface area contributed by atoms with Crippen molar-refractivity contribution in [3.8, 4) is 5.75 Å². The smallest absolute Gasteiger partial charge is 0.130 e. The molecule has 1 nitrogen and oxygen atoms in total. The highest BCUT2D eigenvalue weighted by atomic mass is 19.1. The molecule has 0 heterocycles. The second-order valence-corrected chi connectivity index (χ2v) is 4.54. The average Bonchev–Trinajstić information content (AvgIpc) is 2.14. The van der Waals surface area contributed by atoms with E-state index in [2.05, 4.69) is 13.8 Å². The van der Waals surface area contributed by atoms with Crippen LogP contribution in [0.2, 0.25) is 0 Å². The van der Waals surface area contributed by atoms with Gasteiger partial charge in [-0.05, 0) is 23.5 Å². The van der Waals surface area contributed by atoms with Crippen LogP contribution in [0.25, 0.3) is 0 Å². The molecular weight excluding hydrogens is 191 g/mol. The molecule has 15 heavy (non-hydrogen) atoms. The lowest BCUT2D eigenvalue weighted by Crippen LogP contribution is -2.05. The third kappa shape index (κ3) is 3.54. The highest BCUT2D eigenvalue weighted by Gasteiger charge is 2.07. The van der Waals surface area contributed by atoms with Gasteiger partial charge in [0.05, 0.1) is 6.61 Å². The molecule has 0 atom stereocenters. The van der Waals surface area contributed by atoms with Gasteiger partial charge in [0.2, 0.25) is 0 Å². The lowest BCUT2D eigenvalue weighted by molar-refractivity contribution is 0.269. The van der Waals surface area contributed by atoms with E-state index < -0.39 is 0 Å². The zero-order valence-electron chi connectivity index (χ0n) is 9.88. The predicted molar refractivity (Wildman–Crippen MR) is 60.8 cm³/mol. The third-order valence-corrected chi connectivity index (χ3v) is 2.18. The summed E-state index contributed by atoms with van der Waals surface area (Å²) in [6.45, 7) is 8.72. The Morgan fingerprint density at radius 2 is 1.87 bits per heavy atom. The standard InChI is InChI=1S/C13H19FO/c1-9(2)8-15-11-5-6-12(10(3)4)13(14)7-11/h5-7,9-10H,8H2,1-4H3. The molecule has 0 unspecified atom stereocenters. The van der Waals surface area contributed by atoms with Crippen LogP contribution in [-0.2, 0) is 0 Å². The highest BCUT2D eigenvalue weighted by Crippen LogP contribution is 2.23. The van der Waals surface area contributed by atoms with Gasteiger partial charge >= 0.3 is 0 Å². The van der Waals surface area contributed by atoms with Crippen molar-refractivity contribution in [2.75, 3.05) is 6.61 Å². The molecule has 0 N–H and O–H groups in total. The number of hydrogen-bond acceptors (Lipinski definition) is 1. The number of hydrogen-bond donors (Lipinski definition) is 0. The van der Waals surface area contributed by atoms with Gasteiger partial charge in [0.25, 0.3) is 0 Å². The van der Waals surface area contributed by atoms with Crippen molar-refractivity contribution >= 4 is 0 Å². The molecule has 0 spiro atoms. The van der Waals surface area contributed by atoms with Crippen LogP contribution in [0.3, 0.4) is 0 Å². The molecule has 0 saturated carbocycles. The summed E-state index contributed by atoms with van der Waals surface area (Å²) in [5.74, 6) is 1.11. The summed E-state index contributed by atoms with van der Waals surface area (Å²) in [4.78, 5) is 0. The summed E-state index contributed by atoms with van der Waals surface area (Å²) in [5.41, 5.74) is 0.742. The second kappa shape index (κ2) is 5.15. The summed E-state index contributed by atoms with van der Waals surface area (Å²) in [7, 11) is 0. The highest BCUT2D eigenvalue weighted by molar-refractivity contribution is 5.30. The zero-order valence-corrected chi connectivity index (χ0v) is 9.88. The van der Waals surface area contributed by atoms with Crippen LogP contribution in [-0.4, -0.2) is 6.61 Å². The van der Waals surface area contributed by atoms with Crippen LogP contribution < -0.4 is 4.74 Å². The molecule has 1 aromatic rings. The lowest BCUT2D eigenvalue weighted by Gasteiger charge is -2.11. The first kappa shape index (κ1) is 12.0. The Balaban J connectivity index is 2.73. The zero-order chi connectivity index (χ0) is 11.4. The minimum atomic E-state index is -0.175. The van der Waals surface area contributed by atoms with Gasteiger partial charge in [0, 0.05) is 6.07 Å². The van der Waals surface area contributed by atoms with Gasteiger partial charge in [-0.25, -0.2) is 4.39 Å². The Kier molecular flexibility index (Phi) is 4.13. The molecule has 0 aliphatic carbocycles. The summed E-state index contributed by atoms with van der Waals surface area (Å²) >= 11 is 0. The number of rotatable bonds is 4. The van der Waals surface area contributed by atoms with E-state index in [1.54, 1.807) is 6.07 Å². The molecule has 0 aliphatic rings. The van der Waals surface area contributed by atoms with Gasteiger partial charge in [-0.3, -0.25) is 0 Å². The Morgan fingerprint density at radius 1 is 1.20 bits per heavy atom. The van der Waals surface area contributed by atoms with E-state index in [0.717, 1.165) is 5.56 Å². The monoisotopic (exact) mass is 210 g/mol. The number of ether oxygens (including phenoxy) is 1. The van der Waals surface area contributed by atoms with E-state index >= 15 is 0 Å². The molecule has 0 aliphatic heterocycles. The van der Waals surface area contributed by atoms with Gasteiger partial charge in [-0.15, -0.1) is 0 Å². The van der Waals surface area contributed by atoms with Crippen molar-refractivity contribution in [2.24, 2.45) is 5.92 Å². The predicted octanol–water partition coefficient (Wildman–Crippen LogP) is 3.98. The Labute approximate surface area is 91.3 Å². The number of benzene rings is 1. The van der Waals surface area contributed by atoms with Gasteiger partial charge in [-0.1, -0.05) is 33.8 Å². The van der Waals surface area contributed by atoms with Crippen molar-refractivity contribution in [1.29, 1.82) is 0 Å². The van der Waals surface area contributed by atoms with Crippen molar-refractivity contribution in [3.63, 3.8) is 0 Å². The Morgan fingerprint density at radius 3 is 2.33 bits per heavy atom. The maximum absolute atomic E-state index is 13.5. The van der Waals surface area contributed by atoms with Crippen molar-refractivity contribution in [1.82, 2.24) is 0 Å². The molecular formula is C13H19FO. The average molecular weight is 210 g/mol. The molecule has 2 heteroatoms. The van der Waals surface area contributed by atoms with E-state index in [1.807, 2.05) is 19.9 Å². The number of halogens is 1. The van der Waals surface area contributed by atoms with Gasteiger partial charge in [-0.2, -0.15) is 0 Å². The van der Waals surface area contributed by atoms with Gasteiger partial charge < -0.3 is 4.74 Å². The minimum absolute atomic E-state index is 0.175. The SMILES string of the molecule is CC(C)COc1ccc(C(C)C)c(F)c1. The van der Waals surface area contributed by atoms with E-state index in [-0.39, 0.29) is 11.7 Å². The Hall–Kier alpha value is -1.05. The molecule has 0 fully saturated rings. The van der Waals surface area contributed by atoms with Crippen LogP contribution in [0.5, 0.6) is 5.75 Å². The van der Waals surface area contributed by atoms with E-state index in [1.165, 1.54) is 6.07 Å². The topological polar surface area (TPSA) is 9.23 Å². The first-order valence-electron chi connectivity index (χ1n) is 5.43. The molecule has 0 aromatic heterocycles. The van der Waals surface area contributed by atoms with Gasteiger partial charge in [0.1, 0.15) is 11.6 Å². The van der Waals surface area contributed by atoms with Crippen molar-refractivity contribution < 1.29 is 9.13 Å². The fraction of sp³-hybridized carbons (Fsp3) is 0.538. The Bertz CT molecular complexity index is 318. The van der Waals surface area contributed by atoms with E-state index in [0.29, 0.717) is 18.3 Å². The lowest BCUT2D eigenvalue weighted by atomic mass is 10.0.